The van der Waals surface area contributed by atoms with E-state index in [1.807, 2.05) is 6.07 Å². The van der Waals surface area contributed by atoms with Crippen molar-refractivity contribution in [1.29, 1.82) is 0 Å². The summed E-state index contributed by atoms with van der Waals surface area (Å²) in [6.07, 6.45) is 0. The number of nitrogens with zero attached hydrogens (tertiary/aromatic N) is 1. The summed E-state index contributed by atoms with van der Waals surface area (Å²) in [6.45, 7) is 7.00. The van der Waals surface area contributed by atoms with Gasteiger partial charge in [0.25, 0.3) is 0 Å². The predicted molar refractivity (Wildman–Crippen MR) is 296 cm³/mol. The summed E-state index contributed by atoms with van der Waals surface area (Å²) in [6, 6.07) is 89.9. The van der Waals surface area contributed by atoms with Crippen LogP contribution < -0.4 is 4.90 Å². The first kappa shape index (κ1) is 41.3. The van der Waals surface area contributed by atoms with Gasteiger partial charge in [-0.3, -0.25) is 0 Å². The summed E-state index contributed by atoms with van der Waals surface area (Å²) in [7, 11) is 0. The number of rotatable bonds is 7. The molecule has 2 nitrogen and oxygen atoms in total. The van der Waals surface area contributed by atoms with Crippen molar-refractivity contribution in [3.63, 3.8) is 0 Å². The van der Waals surface area contributed by atoms with Crippen LogP contribution in [0.3, 0.4) is 0 Å². The lowest BCUT2D eigenvalue weighted by Gasteiger charge is -2.34. The van der Waals surface area contributed by atoms with E-state index < -0.39 is 5.41 Å². The Morgan fingerprint density at radius 1 is 0.366 bits per heavy atom. The third kappa shape index (κ3) is 6.07. The van der Waals surface area contributed by atoms with E-state index in [1.54, 1.807) is 0 Å². The summed E-state index contributed by atoms with van der Waals surface area (Å²) >= 11 is 0. The summed E-state index contributed by atoms with van der Waals surface area (Å²) in [5, 5.41) is 4.71. The average Bonchev–Trinajstić information content (AvgIpc) is 4.03. The number of para-hydroxylation sites is 2. The van der Waals surface area contributed by atoms with Gasteiger partial charge in [-0.1, -0.05) is 214 Å². The van der Waals surface area contributed by atoms with Gasteiger partial charge in [0, 0.05) is 38.5 Å². The molecule has 2 aliphatic carbocycles. The third-order valence-corrected chi connectivity index (χ3v) is 15.9. The van der Waals surface area contributed by atoms with E-state index in [1.165, 1.54) is 83.1 Å². The highest BCUT2D eigenvalue weighted by atomic mass is 16.3. The molecule has 1 heterocycles. The molecule has 0 N–H and O–H groups in total. The molecule has 12 aromatic rings. The maximum absolute atomic E-state index is 6.53. The Bertz CT molecular complexity index is 4090. The second kappa shape index (κ2) is 15.7. The van der Waals surface area contributed by atoms with Crippen molar-refractivity contribution < 1.29 is 4.42 Å². The molecule has 2 heteroatoms. The predicted octanol–water partition coefficient (Wildman–Crippen LogP) is 18.5. The SMILES string of the molecule is Cc1cc(N(c2ccc3c(c2)C(C)(C)c2ccccc2-3)c2cccc3ccccc23)ccc1-c1ccc2c(c1)C(c1ccccc1)(c1ccc(-c3cccc4c3oc3ccccc34)cc1)c1ccccc1-2. The lowest BCUT2D eigenvalue weighted by molar-refractivity contribution is 0.660. The van der Waals surface area contributed by atoms with Gasteiger partial charge in [0.15, 0.2) is 0 Å². The maximum Gasteiger partial charge on any atom is 0.143 e. The van der Waals surface area contributed by atoms with Gasteiger partial charge < -0.3 is 9.32 Å². The van der Waals surface area contributed by atoms with E-state index in [4.69, 9.17) is 4.42 Å². The molecular weight excluding hydrogens is 859 g/mol. The maximum atomic E-state index is 6.53. The number of anilines is 3. The van der Waals surface area contributed by atoms with Crippen LogP contribution in [0.4, 0.5) is 17.1 Å². The monoisotopic (exact) mass is 907 g/mol. The fourth-order valence-corrected chi connectivity index (χ4v) is 12.6. The minimum absolute atomic E-state index is 0.125. The number of furan rings is 1. The standard InChI is InChI=1S/C69H49NO/c1-44-41-50(70(65-29-15-18-45-17-7-8-21-53(45)65)51-37-40-57-55-22-9-12-27-61(55)68(2,3)63(57)43-51)36-39-52(44)47-33-38-58-56-23-10-13-28-62(56)69(64(58)42-47,48-19-5-4-6-20-48)49-34-31-46(32-35-49)54-25-16-26-60-59-24-11-14-30-66(59)71-67(54)60/h4-43H,1-3H3. The van der Waals surface area contributed by atoms with Gasteiger partial charge in [-0.25, -0.2) is 0 Å². The van der Waals surface area contributed by atoms with Gasteiger partial charge in [-0.05, 0) is 133 Å². The molecule has 0 bridgehead atoms. The summed E-state index contributed by atoms with van der Waals surface area (Å²) in [5.74, 6) is 0. The molecule has 1 aromatic heterocycles. The highest BCUT2D eigenvalue weighted by Gasteiger charge is 2.46. The van der Waals surface area contributed by atoms with E-state index >= 15 is 0 Å². The first-order chi connectivity index (χ1) is 34.9. The normalized spacial score (nSPS) is 15.1. The van der Waals surface area contributed by atoms with Gasteiger partial charge in [0.05, 0.1) is 11.1 Å². The fourth-order valence-electron chi connectivity index (χ4n) is 12.6. The van der Waals surface area contributed by atoms with E-state index in [0.717, 1.165) is 50.1 Å². The minimum atomic E-state index is -0.562. The van der Waals surface area contributed by atoms with E-state index in [2.05, 4.69) is 262 Å². The molecule has 0 saturated carbocycles. The highest BCUT2D eigenvalue weighted by molar-refractivity contribution is 6.09. The molecule has 0 spiro atoms. The summed E-state index contributed by atoms with van der Waals surface area (Å²) < 4.78 is 6.53. The van der Waals surface area contributed by atoms with Crippen molar-refractivity contribution in [2.24, 2.45) is 0 Å². The van der Waals surface area contributed by atoms with Gasteiger partial charge in [0.1, 0.15) is 11.2 Å². The molecule has 14 rings (SSSR count). The second-order valence-electron chi connectivity index (χ2n) is 20.0. The van der Waals surface area contributed by atoms with Crippen LogP contribution in [0, 0.1) is 6.92 Å². The molecule has 71 heavy (non-hydrogen) atoms. The van der Waals surface area contributed by atoms with Crippen molar-refractivity contribution >= 4 is 49.8 Å². The van der Waals surface area contributed by atoms with Crippen LogP contribution in [-0.4, -0.2) is 0 Å². The fraction of sp³-hybridized carbons (Fsp3) is 0.0725. The summed E-state index contributed by atoms with van der Waals surface area (Å²) in [5.41, 5.74) is 23.4. The Labute approximate surface area is 414 Å². The quantitative estimate of drug-likeness (QED) is 0.158. The average molecular weight is 908 g/mol. The molecule has 0 fully saturated rings. The second-order valence-corrected chi connectivity index (χ2v) is 20.0. The molecule has 1 atom stereocenters. The molecule has 1 unspecified atom stereocenters. The van der Waals surface area contributed by atoms with Crippen LogP contribution in [0.2, 0.25) is 0 Å². The Morgan fingerprint density at radius 3 is 1.75 bits per heavy atom. The van der Waals surface area contributed by atoms with E-state index in [0.29, 0.717) is 0 Å². The lowest BCUT2D eigenvalue weighted by atomic mass is 9.67. The largest absolute Gasteiger partial charge is 0.455 e. The Morgan fingerprint density at radius 2 is 0.930 bits per heavy atom. The Kier molecular flexibility index (Phi) is 9.10. The van der Waals surface area contributed by atoms with Crippen molar-refractivity contribution in [3.05, 3.63) is 282 Å². The Balaban J connectivity index is 0.914. The lowest BCUT2D eigenvalue weighted by Crippen LogP contribution is -2.28. The zero-order valence-corrected chi connectivity index (χ0v) is 39.9. The molecule has 0 aliphatic heterocycles. The molecule has 0 radical (unpaired) electrons. The van der Waals surface area contributed by atoms with Crippen molar-refractivity contribution in [2.45, 2.75) is 31.6 Å². The molecular formula is C69H49NO. The smallest absolute Gasteiger partial charge is 0.143 e. The topological polar surface area (TPSA) is 16.4 Å². The van der Waals surface area contributed by atoms with Crippen LogP contribution in [0.5, 0.6) is 0 Å². The minimum Gasteiger partial charge on any atom is -0.455 e. The van der Waals surface area contributed by atoms with Gasteiger partial charge in [-0.2, -0.15) is 0 Å². The summed E-state index contributed by atoms with van der Waals surface area (Å²) in [4.78, 5) is 2.47. The number of hydrogen-bond acceptors (Lipinski definition) is 2. The van der Waals surface area contributed by atoms with Crippen LogP contribution >= 0.6 is 0 Å². The molecule has 0 amide bonds. The number of benzene rings is 11. The van der Waals surface area contributed by atoms with Crippen LogP contribution in [0.15, 0.2) is 247 Å². The van der Waals surface area contributed by atoms with Crippen LogP contribution in [-0.2, 0) is 10.8 Å². The van der Waals surface area contributed by atoms with E-state index in [-0.39, 0.29) is 5.41 Å². The van der Waals surface area contributed by atoms with Crippen molar-refractivity contribution in [2.75, 3.05) is 4.90 Å². The van der Waals surface area contributed by atoms with Crippen molar-refractivity contribution in [1.82, 2.24) is 0 Å². The first-order valence-corrected chi connectivity index (χ1v) is 24.8. The van der Waals surface area contributed by atoms with Gasteiger partial charge >= 0.3 is 0 Å². The zero-order valence-electron chi connectivity index (χ0n) is 39.9. The van der Waals surface area contributed by atoms with Gasteiger partial charge in [-0.15, -0.1) is 0 Å². The zero-order chi connectivity index (χ0) is 47.4. The Hall–Kier alpha value is -8.72. The number of aryl methyl sites for hydroxylation is 1. The number of hydrogen-bond donors (Lipinski definition) is 0. The number of fused-ring (bicyclic) bond motifs is 10. The van der Waals surface area contributed by atoms with Crippen molar-refractivity contribution in [3.8, 4) is 44.5 Å². The molecule has 336 valence electrons. The van der Waals surface area contributed by atoms with E-state index in [9.17, 15) is 0 Å². The molecule has 11 aromatic carbocycles. The van der Waals surface area contributed by atoms with Crippen LogP contribution in [0.25, 0.3) is 77.2 Å². The molecule has 2 aliphatic rings. The first-order valence-electron chi connectivity index (χ1n) is 24.8. The highest BCUT2D eigenvalue weighted by Crippen LogP contribution is 2.57. The van der Waals surface area contributed by atoms with Crippen LogP contribution in [0.1, 0.15) is 52.8 Å². The van der Waals surface area contributed by atoms with Gasteiger partial charge in [0.2, 0.25) is 0 Å². The third-order valence-electron chi connectivity index (χ3n) is 15.9. The molecule has 0 saturated heterocycles.